The van der Waals surface area contributed by atoms with Gasteiger partial charge in [0.1, 0.15) is 18.1 Å². The number of allylic oxidation sites excluding steroid dienone is 1. The Bertz CT molecular complexity index is 834. The van der Waals surface area contributed by atoms with E-state index in [1.807, 2.05) is 61.7 Å². The van der Waals surface area contributed by atoms with E-state index in [0.29, 0.717) is 24.0 Å². The molecule has 0 saturated heterocycles. The molecule has 24 heavy (non-hydrogen) atoms. The van der Waals surface area contributed by atoms with Crippen molar-refractivity contribution in [3.8, 4) is 22.3 Å². The first kappa shape index (κ1) is 16.3. The van der Waals surface area contributed by atoms with E-state index in [0.717, 1.165) is 21.9 Å². The maximum absolute atomic E-state index is 5.89. The number of benzene rings is 1. The Morgan fingerprint density at radius 3 is 2.83 bits per heavy atom. The van der Waals surface area contributed by atoms with Gasteiger partial charge in [0, 0.05) is 0 Å². The Labute approximate surface area is 145 Å². The minimum absolute atomic E-state index is 0.333. The molecule has 124 valence electrons. The van der Waals surface area contributed by atoms with Crippen molar-refractivity contribution in [1.29, 1.82) is 0 Å². The van der Waals surface area contributed by atoms with E-state index in [4.69, 9.17) is 13.9 Å². The van der Waals surface area contributed by atoms with Gasteiger partial charge < -0.3 is 13.9 Å². The highest BCUT2D eigenvalue weighted by atomic mass is 32.1. The average molecular weight is 341 g/mol. The predicted octanol–water partition coefficient (Wildman–Crippen LogP) is 5.33. The highest BCUT2D eigenvalue weighted by Gasteiger charge is 2.14. The molecule has 3 rings (SSSR count). The average Bonchev–Trinajstić information content (AvgIpc) is 3.23. The van der Waals surface area contributed by atoms with Gasteiger partial charge in [0.25, 0.3) is 0 Å². The lowest BCUT2D eigenvalue weighted by Crippen LogP contribution is -1.99. The Morgan fingerprint density at radius 2 is 2.12 bits per heavy atom. The van der Waals surface area contributed by atoms with Crippen LogP contribution in [0.25, 0.3) is 16.8 Å². The molecule has 0 atom stereocenters. The summed E-state index contributed by atoms with van der Waals surface area (Å²) in [4.78, 5) is 5.55. The van der Waals surface area contributed by atoms with Gasteiger partial charge in [-0.25, -0.2) is 4.98 Å². The van der Waals surface area contributed by atoms with E-state index < -0.39 is 0 Å². The second-order valence-corrected chi connectivity index (χ2v) is 6.15. The SMILES string of the molecule is C/C=C/c1ccc(OCc2nc(-c3cccs3)oc2C)c(OC)c1. The van der Waals surface area contributed by atoms with Crippen molar-refractivity contribution in [2.24, 2.45) is 0 Å². The first-order valence-electron chi connectivity index (χ1n) is 7.65. The molecule has 3 aromatic rings. The molecule has 0 aliphatic heterocycles. The van der Waals surface area contributed by atoms with E-state index in [1.54, 1.807) is 18.4 Å². The molecule has 0 aliphatic carbocycles. The van der Waals surface area contributed by atoms with E-state index in [2.05, 4.69) is 4.98 Å². The highest BCUT2D eigenvalue weighted by Crippen LogP contribution is 2.30. The molecule has 5 heteroatoms. The number of aromatic nitrogens is 1. The van der Waals surface area contributed by atoms with Crippen molar-refractivity contribution in [3.05, 3.63) is 58.8 Å². The fourth-order valence-electron chi connectivity index (χ4n) is 2.31. The Hall–Kier alpha value is -2.53. The molecule has 0 unspecified atom stereocenters. The lowest BCUT2D eigenvalue weighted by atomic mass is 10.2. The zero-order valence-corrected chi connectivity index (χ0v) is 14.7. The zero-order chi connectivity index (χ0) is 16.9. The summed E-state index contributed by atoms with van der Waals surface area (Å²) in [5.41, 5.74) is 1.86. The van der Waals surface area contributed by atoms with Crippen LogP contribution in [-0.4, -0.2) is 12.1 Å². The van der Waals surface area contributed by atoms with Crippen LogP contribution in [0.15, 0.2) is 46.2 Å². The maximum Gasteiger partial charge on any atom is 0.236 e. The van der Waals surface area contributed by atoms with Crippen molar-refractivity contribution in [2.45, 2.75) is 20.5 Å². The van der Waals surface area contributed by atoms with Crippen molar-refractivity contribution < 1.29 is 13.9 Å². The molecule has 1 aromatic carbocycles. The second kappa shape index (κ2) is 7.36. The third-order valence-corrected chi connectivity index (χ3v) is 4.39. The van der Waals surface area contributed by atoms with Gasteiger partial charge in [0.05, 0.1) is 12.0 Å². The van der Waals surface area contributed by atoms with E-state index in [9.17, 15) is 0 Å². The maximum atomic E-state index is 5.89. The summed E-state index contributed by atoms with van der Waals surface area (Å²) in [5.74, 6) is 2.79. The van der Waals surface area contributed by atoms with Crippen LogP contribution >= 0.6 is 11.3 Å². The molecule has 0 spiro atoms. The summed E-state index contributed by atoms with van der Waals surface area (Å²) in [5, 5.41) is 2.00. The van der Waals surface area contributed by atoms with E-state index in [1.165, 1.54) is 0 Å². The van der Waals surface area contributed by atoms with Gasteiger partial charge in [-0.15, -0.1) is 11.3 Å². The van der Waals surface area contributed by atoms with Crippen LogP contribution in [-0.2, 0) is 6.61 Å². The van der Waals surface area contributed by atoms with Crippen LogP contribution in [0.1, 0.15) is 23.9 Å². The van der Waals surface area contributed by atoms with Gasteiger partial charge in [0.15, 0.2) is 11.5 Å². The normalized spacial score (nSPS) is 11.1. The zero-order valence-electron chi connectivity index (χ0n) is 13.9. The fourth-order valence-corrected chi connectivity index (χ4v) is 2.96. The van der Waals surface area contributed by atoms with Crippen LogP contribution < -0.4 is 9.47 Å². The molecule has 0 saturated carbocycles. The summed E-state index contributed by atoms with van der Waals surface area (Å²) < 4.78 is 17.0. The number of hydrogen-bond acceptors (Lipinski definition) is 5. The van der Waals surface area contributed by atoms with Gasteiger partial charge in [-0.2, -0.15) is 0 Å². The van der Waals surface area contributed by atoms with Gasteiger partial charge in [-0.05, 0) is 43.0 Å². The first-order chi connectivity index (χ1) is 11.7. The molecule has 4 nitrogen and oxygen atoms in total. The van der Waals surface area contributed by atoms with Crippen LogP contribution in [0.3, 0.4) is 0 Å². The molecular weight excluding hydrogens is 322 g/mol. The molecule has 2 heterocycles. The molecule has 0 N–H and O–H groups in total. The van der Waals surface area contributed by atoms with Crippen molar-refractivity contribution in [3.63, 3.8) is 0 Å². The van der Waals surface area contributed by atoms with Crippen LogP contribution in [0.2, 0.25) is 0 Å². The summed E-state index contributed by atoms with van der Waals surface area (Å²) >= 11 is 1.60. The van der Waals surface area contributed by atoms with Crippen LogP contribution in [0, 0.1) is 6.92 Å². The predicted molar refractivity (Wildman–Crippen MR) is 96.6 cm³/mol. The number of aryl methyl sites for hydroxylation is 1. The highest BCUT2D eigenvalue weighted by molar-refractivity contribution is 7.13. The third-order valence-electron chi connectivity index (χ3n) is 3.54. The number of rotatable bonds is 6. The number of oxazole rings is 1. The molecule has 2 aromatic heterocycles. The molecule has 0 fully saturated rings. The first-order valence-corrected chi connectivity index (χ1v) is 8.53. The van der Waals surface area contributed by atoms with Gasteiger partial charge in [-0.1, -0.05) is 24.3 Å². The van der Waals surface area contributed by atoms with Crippen molar-refractivity contribution in [2.75, 3.05) is 7.11 Å². The minimum Gasteiger partial charge on any atom is -0.493 e. The molecule has 0 radical (unpaired) electrons. The molecule has 0 aliphatic rings. The van der Waals surface area contributed by atoms with E-state index in [-0.39, 0.29) is 0 Å². The van der Waals surface area contributed by atoms with Crippen molar-refractivity contribution in [1.82, 2.24) is 4.98 Å². The van der Waals surface area contributed by atoms with Crippen molar-refractivity contribution >= 4 is 17.4 Å². The van der Waals surface area contributed by atoms with Gasteiger partial charge in [-0.3, -0.25) is 0 Å². The minimum atomic E-state index is 0.333. The summed E-state index contributed by atoms with van der Waals surface area (Å²) in [7, 11) is 1.64. The lowest BCUT2D eigenvalue weighted by molar-refractivity contribution is 0.279. The molecule has 0 bridgehead atoms. The van der Waals surface area contributed by atoms with Crippen LogP contribution in [0.4, 0.5) is 0 Å². The summed E-state index contributed by atoms with van der Waals surface area (Å²) in [6.45, 7) is 4.21. The summed E-state index contributed by atoms with van der Waals surface area (Å²) in [6, 6.07) is 9.81. The second-order valence-electron chi connectivity index (χ2n) is 5.20. The standard InChI is InChI=1S/C19H19NO3S/c1-4-6-14-8-9-16(17(11-14)21-3)22-12-15-13(2)23-19(20-15)18-7-5-10-24-18/h4-11H,12H2,1-3H3/b6-4+. The Kier molecular flexibility index (Phi) is 5.01. The largest absolute Gasteiger partial charge is 0.493 e. The topological polar surface area (TPSA) is 44.5 Å². The number of hydrogen-bond donors (Lipinski definition) is 0. The fraction of sp³-hybridized carbons (Fsp3) is 0.211. The van der Waals surface area contributed by atoms with E-state index >= 15 is 0 Å². The number of nitrogens with zero attached hydrogens (tertiary/aromatic N) is 1. The monoisotopic (exact) mass is 341 g/mol. The third kappa shape index (κ3) is 3.51. The smallest absolute Gasteiger partial charge is 0.236 e. The molecular formula is C19H19NO3S. The lowest BCUT2D eigenvalue weighted by Gasteiger charge is -2.10. The molecule has 0 amide bonds. The Morgan fingerprint density at radius 1 is 1.25 bits per heavy atom. The van der Waals surface area contributed by atoms with Crippen LogP contribution in [0.5, 0.6) is 11.5 Å². The van der Waals surface area contributed by atoms with Gasteiger partial charge in [0.2, 0.25) is 5.89 Å². The number of methoxy groups -OCH3 is 1. The number of ether oxygens (including phenoxy) is 2. The number of thiophene rings is 1. The summed E-state index contributed by atoms with van der Waals surface area (Å²) in [6.07, 6.45) is 4.00. The quantitative estimate of drug-likeness (QED) is 0.607. The Balaban J connectivity index is 1.76. The van der Waals surface area contributed by atoms with Gasteiger partial charge >= 0.3 is 0 Å².